The summed E-state index contributed by atoms with van der Waals surface area (Å²) in [7, 11) is 0. The van der Waals surface area contributed by atoms with Gasteiger partial charge in [-0.1, -0.05) is 60.7 Å². The van der Waals surface area contributed by atoms with Gasteiger partial charge in [-0.15, -0.1) is 5.10 Å². The molecule has 0 atom stereocenters. The van der Waals surface area contributed by atoms with Crippen molar-refractivity contribution in [3.63, 3.8) is 0 Å². The number of hydrogen-bond acceptors (Lipinski definition) is 3. The molecule has 0 saturated heterocycles. The normalized spacial score (nSPS) is 10.8. The smallest absolute Gasteiger partial charge is 0.100 e. The van der Waals surface area contributed by atoms with Crippen LogP contribution in [0.25, 0.3) is 5.69 Å². The van der Waals surface area contributed by atoms with Crippen molar-refractivity contribution in [3.8, 4) is 5.69 Å². The molecule has 1 heterocycles. The van der Waals surface area contributed by atoms with Crippen LogP contribution in [0, 0.1) is 0 Å². The van der Waals surface area contributed by atoms with E-state index in [0.29, 0.717) is 6.54 Å². The molecule has 2 N–H and O–H groups in total. The predicted octanol–water partition coefficient (Wildman–Crippen LogP) is 2.88. The Morgan fingerprint density at radius 2 is 1.73 bits per heavy atom. The Morgan fingerprint density at radius 1 is 1.00 bits per heavy atom. The van der Waals surface area contributed by atoms with Crippen LogP contribution in [0.5, 0.6) is 0 Å². The van der Waals surface area contributed by atoms with E-state index in [2.05, 4.69) is 47.6 Å². The van der Waals surface area contributed by atoms with Gasteiger partial charge >= 0.3 is 0 Å². The number of hydrogen-bond donors (Lipinski definition) is 1. The molecule has 1 aromatic heterocycles. The molecular formula is C18H20N4. The van der Waals surface area contributed by atoms with Gasteiger partial charge in [0.1, 0.15) is 5.69 Å². The van der Waals surface area contributed by atoms with E-state index in [1.165, 1.54) is 11.1 Å². The monoisotopic (exact) mass is 292 g/mol. The zero-order chi connectivity index (χ0) is 15.4. The van der Waals surface area contributed by atoms with Gasteiger partial charge in [0.15, 0.2) is 0 Å². The molecule has 0 unspecified atom stereocenters. The average Bonchev–Trinajstić information content (AvgIpc) is 2.98. The van der Waals surface area contributed by atoms with E-state index in [9.17, 15) is 0 Å². The number of benzene rings is 2. The Bertz CT molecular complexity index is 747. The van der Waals surface area contributed by atoms with Gasteiger partial charge in [0, 0.05) is 13.0 Å². The molecule has 0 fully saturated rings. The van der Waals surface area contributed by atoms with Gasteiger partial charge in [0.25, 0.3) is 0 Å². The first-order valence-electron chi connectivity index (χ1n) is 7.59. The molecule has 0 aliphatic heterocycles. The summed E-state index contributed by atoms with van der Waals surface area (Å²) in [5, 5.41) is 8.62. The zero-order valence-electron chi connectivity index (χ0n) is 12.7. The van der Waals surface area contributed by atoms with Crippen LogP contribution in [0.2, 0.25) is 0 Å². The Labute approximate surface area is 130 Å². The van der Waals surface area contributed by atoms with Gasteiger partial charge in [-0.05, 0) is 23.6 Å². The molecule has 2 aromatic carbocycles. The van der Waals surface area contributed by atoms with E-state index < -0.39 is 0 Å². The minimum absolute atomic E-state index is 0.399. The second-order valence-corrected chi connectivity index (χ2v) is 5.24. The average molecular weight is 292 g/mol. The molecular weight excluding hydrogens is 272 g/mol. The van der Waals surface area contributed by atoms with E-state index >= 15 is 0 Å². The number of para-hydroxylation sites is 1. The number of rotatable bonds is 5. The van der Waals surface area contributed by atoms with E-state index in [4.69, 9.17) is 5.73 Å². The Hall–Kier alpha value is -2.46. The van der Waals surface area contributed by atoms with Crippen molar-refractivity contribution < 1.29 is 0 Å². The summed E-state index contributed by atoms with van der Waals surface area (Å²) in [6.45, 7) is 2.55. The van der Waals surface area contributed by atoms with Gasteiger partial charge in [-0.3, -0.25) is 0 Å². The number of nitrogens with zero attached hydrogens (tertiary/aromatic N) is 3. The van der Waals surface area contributed by atoms with Gasteiger partial charge in [-0.2, -0.15) is 0 Å². The third-order valence-corrected chi connectivity index (χ3v) is 3.85. The summed E-state index contributed by atoms with van der Waals surface area (Å²) in [6.07, 6.45) is 1.73. The van der Waals surface area contributed by atoms with Crippen LogP contribution in [0.3, 0.4) is 0 Å². The number of nitrogens with two attached hydrogens (primary N) is 1. The zero-order valence-corrected chi connectivity index (χ0v) is 12.7. The summed E-state index contributed by atoms with van der Waals surface area (Å²) in [5.74, 6) is 0. The van der Waals surface area contributed by atoms with Crippen LogP contribution < -0.4 is 5.73 Å². The van der Waals surface area contributed by atoms with E-state index in [-0.39, 0.29) is 0 Å². The van der Waals surface area contributed by atoms with Gasteiger partial charge in [0.2, 0.25) is 0 Å². The molecule has 22 heavy (non-hydrogen) atoms. The highest BCUT2D eigenvalue weighted by atomic mass is 15.4. The fourth-order valence-corrected chi connectivity index (χ4v) is 2.67. The van der Waals surface area contributed by atoms with Crippen LogP contribution in [0.1, 0.15) is 29.4 Å². The lowest BCUT2D eigenvalue weighted by atomic mass is 10.1. The van der Waals surface area contributed by atoms with Gasteiger partial charge < -0.3 is 5.73 Å². The summed E-state index contributed by atoms with van der Waals surface area (Å²) in [4.78, 5) is 0. The predicted molar refractivity (Wildman–Crippen MR) is 87.9 cm³/mol. The van der Waals surface area contributed by atoms with Crippen molar-refractivity contribution in [2.24, 2.45) is 5.73 Å². The topological polar surface area (TPSA) is 56.7 Å². The Morgan fingerprint density at radius 3 is 2.45 bits per heavy atom. The highest BCUT2D eigenvalue weighted by Gasteiger charge is 2.15. The Kier molecular flexibility index (Phi) is 4.30. The molecule has 112 valence electrons. The number of aryl methyl sites for hydroxylation is 1. The molecule has 0 amide bonds. The third-order valence-electron chi connectivity index (χ3n) is 3.85. The fraction of sp³-hybridized carbons (Fsp3) is 0.222. The Balaban J connectivity index is 2.07. The minimum Gasteiger partial charge on any atom is -0.325 e. The maximum Gasteiger partial charge on any atom is 0.100 e. The van der Waals surface area contributed by atoms with Crippen molar-refractivity contribution in [3.05, 3.63) is 77.1 Å². The molecule has 4 heteroatoms. The first kappa shape index (κ1) is 14.5. The molecule has 3 aromatic rings. The molecule has 0 spiro atoms. The number of aromatic nitrogens is 3. The second-order valence-electron chi connectivity index (χ2n) is 5.24. The lowest BCUT2D eigenvalue weighted by molar-refractivity contribution is 0.763. The van der Waals surface area contributed by atoms with Crippen LogP contribution in [0.4, 0.5) is 0 Å². The van der Waals surface area contributed by atoms with Gasteiger partial charge in [0.05, 0.1) is 11.4 Å². The van der Waals surface area contributed by atoms with Crippen molar-refractivity contribution in [2.45, 2.75) is 26.3 Å². The molecule has 0 bridgehead atoms. The van der Waals surface area contributed by atoms with Crippen LogP contribution >= 0.6 is 0 Å². The maximum atomic E-state index is 5.85. The van der Waals surface area contributed by atoms with Crippen molar-refractivity contribution in [1.82, 2.24) is 15.0 Å². The molecule has 4 nitrogen and oxygen atoms in total. The minimum atomic E-state index is 0.399. The summed E-state index contributed by atoms with van der Waals surface area (Å²) in [6, 6.07) is 18.7. The highest BCUT2D eigenvalue weighted by Crippen LogP contribution is 2.20. The largest absolute Gasteiger partial charge is 0.325 e. The highest BCUT2D eigenvalue weighted by molar-refractivity contribution is 5.42. The van der Waals surface area contributed by atoms with Crippen molar-refractivity contribution in [2.75, 3.05) is 0 Å². The van der Waals surface area contributed by atoms with E-state index in [1.807, 2.05) is 28.9 Å². The van der Waals surface area contributed by atoms with Crippen molar-refractivity contribution >= 4 is 0 Å². The molecule has 0 saturated carbocycles. The van der Waals surface area contributed by atoms with Crippen LogP contribution in [0.15, 0.2) is 54.6 Å². The van der Waals surface area contributed by atoms with Crippen LogP contribution in [-0.2, 0) is 19.4 Å². The second kappa shape index (κ2) is 6.54. The first-order chi connectivity index (χ1) is 10.8. The van der Waals surface area contributed by atoms with Crippen LogP contribution in [-0.4, -0.2) is 15.0 Å². The fourth-order valence-electron chi connectivity index (χ4n) is 2.67. The lowest BCUT2D eigenvalue weighted by Crippen LogP contribution is -2.08. The van der Waals surface area contributed by atoms with E-state index in [0.717, 1.165) is 29.9 Å². The van der Waals surface area contributed by atoms with Gasteiger partial charge in [-0.25, -0.2) is 4.68 Å². The molecule has 0 radical (unpaired) electrons. The molecule has 0 aliphatic rings. The summed E-state index contributed by atoms with van der Waals surface area (Å²) < 4.78 is 1.94. The molecule has 3 rings (SSSR count). The maximum absolute atomic E-state index is 5.85. The lowest BCUT2D eigenvalue weighted by Gasteiger charge is -2.11. The quantitative estimate of drug-likeness (QED) is 0.786. The third kappa shape index (κ3) is 2.78. The van der Waals surface area contributed by atoms with E-state index in [1.54, 1.807) is 0 Å². The first-order valence-corrected chi connectivity index (χ1v) is 7.59. The standard InChI is InChI=1S/C18H20N4/c1-2-15-10-6-7-11-17(15)22-18(16(13-19)20-21-22)12-14-8-4-3-5-9-14/h3-11H,2,12-13,19H2,1H3. The summed E-state index contributed by atoms with van der Waals surface area (Å²) in [5.41, 5.74) is 11.3. The summed E-state index contributed by atoms with van der Waals surface area (Å²) >= 11 is 0. The molecule has 0 aliphatic carbocycles. The SMILES string of the molecule is CCc1ccccc1-n1nnc(CN)c1Cc1ccccc1. The van der Waals surface area contributed by atoms with Crippen molar-refractivity contribution in [1.29, 1.82) is 0 Å².